The van der Waals surface area contributed by atoms with Crippen LogP contribution < -0.4 is 14.8 Å². The van der Waals surface area contributed by atoms with Crippen molar-refractivity contribution in [1.29, 1.82) is 0 Å². The van der Waals surface area contributed by atoms with Crippen LogP contribution >= 0.6 is 23.2 Å². The van der Waals surface area contributed by atoms with Gasteiger partial charge in [0.15, 0.2) is 0 Å². The molecule has 5 rings (SSSR count). The number of carbonyl (C=O) groups excluding carboxylic acids is 1. The van der Waals surface area contributed by atoms with Gasteiger partial charge in [-0.05, 0) is 48.9 Å². The molecule has 41 heavy (non-hydrogen) atoms. The van der Waals surface area contributed by atoms with Crippen LogP contribution in [0.4, 0.5) is 0 Å². The minimum absolute atomic E-state index is 0.138. The van der Waals surface area contributed by atoms with Gasteiger partial charge in [-0.3, -0.25) is 9.69 Å². The highest BCUT2D eigenvalue weighted by Crippen LogP contribution is 2.30. The van der Waals surface area contributed by atoms with Crippen LogP contribution in [0, 0.1) is 0 Å². The van der Waals surface area contributed by atoms with Crippen LogP contribution in [-0.2, 0) is 13.1 Å². The number of amides is 1. The SMILES string of the molecule is COc1cccc2c(C(=O)NCc3ccc(Cl)c(Cl)c3)cn(CCCN3CCN(CCOc4ccccc4)CC3)c12. The molecule has 1 aromatic heterocycles. The molecule has 0 spiro atoms. The zero-order chi connectivity index (χ0) is 28.6. The van der Waals surface area contributed by atoms with Crippen molar-refractivity contribution in [2.24, 2.45) is 0 Å². The van der Waals surface area contributed by atoms with Gasteiger partial charge in [-0.15, -0.1) is 0 Å². The molecule has 4 aromatic rings. The Labute approximate surface area is 251 Å². The smallest absolute Gasteiger partial charge is 0.253 e. The number of aryl methyl sites for hydroxylation is 1. The summed E-state index contributed by atoms with van der Waals surface area (Å²) in [4.78, 5) is 18.2. The van der Waals surface area contributed by atoms with Gasteiger partial charge in [-0.1, -0.05) is 59.6 Å². The lowest BCUT2D eigenvalue weighted by Crippen LogP contribution is -2.47. The van der Waals surface area contributed by atoms with E-state index in [2.05, 4.69) is 19.7 Å². The quantitative estimate of drug-likeness (QED) is 0.219. The molecular formula is C32H36Cl2N4O3. The first-order valence-electron chi connectivity index (χ1n) is 14.0. The highest BCUT2D eigenvalue weighted by molar-refractivity contribution is 6.42. The van der Waals surface area contributed by atoms with Crippen LogP contribution in [-0.4, -0.2) is 73.3 Å². The number of methoxy groups -OCH3 is 1. The van der Waals surface area contributed by atoms with E-state index < -0.39 is 0 Å². The summed E-state index contributed by atoms with van der Waals surface area (Å²) in [5.41, 5.74) is 2.46. The van der Waals surface area contributed by atoms with Crippen molar-refractivity contribution >= 4 is 40.0 Å². The van der Waals surface area contributed by atoms with Gasteiger partial charge in [0, 0.05) is 57.4 Å². The molecule has 2 heterocycles. The topological polar surface area (TPSA) is 59.0 Å². The molecular weight excluding hydrogens is 559 g/mol. The van der Waals surface area contributed by atoms with Crippen molar-refractivity contribution in [1.82, 2.24) is 19.7 Å². The van der Waals surface area contributed by atoms with Crippen molar-refractivity contribution in [2.75, 3.05) is 53.0 Å². The van der Waals surface area contributed by atoms with E-state index in [-0.39, 0.29) is 5.91 Å². The number of para-hydroxylation sites is 2. The van der Waals surface area contributed by atoms with E-state index in [1.165, 1.54) is 0 Å². The van der Waals surface area contributed by atoms with Crippen LogP contribution in [0.1, 0.15) is 22.3 Å². The van der Waals surface area contributed by atoms with Crippen molar-refractivity contribution in [2.45, 2.75) is 19.5 Å². The number of hydrogen-bond acceptors (Lipinski definition) is 5. The number of nitrogens with one attached hydrogen (secondary N) is 1. The number of aromatic nitrogens is 1. The standard InChI is InChI=1S/C32H36Cl2N4O3/c1-40-30-10-5-9-26-27(32(39)35-22-24-11-12-28(33)29(34)21-24)23-38(31(26)30)14-6-13-36-15-17-37(18-16-36)19-20-41-25-7-3-2-4-8-25/h2-5,7-12,21,23H,6,13-20,22H2,1H3,(H,35,39). The Morgan fingerprint density at radius 2 is 1.63 bits per heavy atom. The number of nitrogens with zero attached hydrogens (tertiary/aromatic N) is 3. The summed E-state index contributed by atoms with van der Waals surface area (Å²) in [6.07, 6.45) is 2.92. The molecule has 1 aliphatic heterocycles. The molecule has 216 valence electrons. The number of benzene rings is 3. The van der Waals surface area contributed by atoms with Gasteiger partial charge in [-0.25, -0.2) is 0 Å². The largest absolute Gasteiger partial charge is 0.495 e. The molecule has 1 amide bonds. The average Bonchev–Trinajstić information content (AvgIpc) is 3.38. The summed E-state index contributed by atoms with van der Waals surface area (Å²) >= 11 is 12.2. The Balaban J connectivity index is 1.14. The molecule has 0 unspecified atom stereocenters. The van der Waals surface area contributed by atoms with Gasteiger partial charge in [0.2, 0.25) is 0 Å². The summed E-state index contributed by atoms with van der Waals surface area (Å²) in [5.74, 6) is 1.55. The van der Waals surface area contributed by atoms with Crippen molar-refractivity contribution in [3.8, 4) is 11.5 Å². The lowest BCUT2D eigenvalue weighted by atomic mass is 10.1. The van der Waals surface area contributed by atoms with Crippen molar-refractivity contribution in [3.63, 3.8) is 0 Å². The van der Waals surface area contributed by atoms with E-state index >= 15 is 0 Å². The fourth-order valence-electron chi connectivity index (χ4n) is 5.29. The van der Waals surface area contributed by atoms with Crippen molar-refractivity contribution < 1.29 is 14.3 Å². The molecule has 1 N–H and O–H groups in total. The Morgan fingerprint density at radius 1 is 0.878 bits per heavy atom. The van der Waals surface area contributed by atoms with Gasteiger partial charge >= 0.3 is 0 Å². The minimum Gasteiger partial charge on any atom is -0.495 e. The second-order valence-electron chi connectivity index (χ2n) is 10.2. The zero-order valence-corrected chi connectivity index (χ0v) is 24.8. The van der Waals surface area contributed by atoms with E-state index in [0.717, 1.165) is 80.2 Å². The molecule has 0 radical (unpaired) electrons. The number of hydrogen-bond donors (Lipinski definition) is 1. The number of carbonyl (C=O) groups is 1. The first-order valence-corrected chi connectivity index (χ1v) is 14.8. The molecule has 1 saturated heterocycles. The van der Waals surface area contributed by atoms with E-state index in [9.17, 15) is 4.79 Å². The van der Waals surface area contributed by atoms with E-state index in [1.54, 1.807) is 19.2 Å². The molecule has 0 aliphatic carbocycles. The summed E-state index contributed by atoms with van der Waals surface area (Å²) < 4.78 is 13.7. The molecule has 9 heteroatoms. The number of fused-ring (bicyclic) bond motifs is 1. The zero-order valence-electron chi connectivity index (χ0n) is 23.3. The second-order valence-corrected chi connectivity index (χ2v) is 11.0. The van der Waals surface area contributed by atoms with Crippen LogP contribution in [0.25, 0.3) is 10.9 Å². The first-order chi connectivity index (χ1) is 20.0. The molecule has 7 nitrogen and oxygen atoms in total. The van der Waals surface area contributed by atoms with Gasteiger partial charge in [0.05, 0.1) is 28.2 Å². The number of halogens is 2. The van der Waals surface area contributed by atoms with Gasteiger partial charge in [-0.2, -0.15) is 0 Å². The Hall–Kier alpha value is -3.23. The molecule has 0 saturated carbocycles. The maximum absolute atomic E-state index is 13.3. The van der Waals surface area contributed by atoms with Gasteiger partial charge in [0.1, 0.15) is 18.1 Å². The predicted octanol–water partition coefficient (Wildman–Crippen LogP) is 5.97. The lowest BCUT2D eigenvalue weighted by molar-refractivity contribution is 0.0952. The molecule has 1 fully saturated rings. The molecule has 0 atom stereocenters. The average molecular weight is 596 g/mol. The van der Waals surface area contributed by atoms with E-state index in [1.807, 2.05) is 60.8 Å². The minimum atomic E-state index is -0.138. The molecule has 3 aromatic carbocycles. The third kappa shape index (κ3) is 7.54. The summed E-state index contributed by atoms with van der Waals surface area (Å²) in [5, 5.41) is 4.86. The highest BCUT2D eigenvalue weighted by atomic mass is 35.5. The fraction of sp³-hybridized carbons (Fsp3) is 0.344. The van der Waals surface area contributed by atoms with E-state index in [0.29, 0.717) is 28.8 Å². The van der Waals surface area contributed by atoms with Gasteiger partial charge in [0.25, 0.3) is 5.91 Å². The van der Waals surface area contributed by atoms with Crippen LogP contribution in [0.5, 0.6) is 11.5 Å². The van der Waals surface area contributed by atoms with Crippen molar-refractivity contribution in [3.05, 3.63) is 94.1 Å². The maximum atomic E-state index is 13.3. The lowest BCUT2D eigenvalue weighted by Gasteiger charge is -2.34. The van der Waals surface area contributed by atoms with E-state index in [4.69, 9.17) is 32.7 Å². The summed E-state index contributed by atoms with van der Waals surface area (Å²) in [6.45, 7) is 7.97. The predicted molar refractivity (Wildman–Crippen MR) is 166 cm³/mol. The van der Waals surface area contributed by atoms with Gasteiger partial charge < -0.3 is 24.3 Å². The molecule has 1 aliphatic rings. The monoisotopic (exact) mass is 594 g/mol. The summed E-state index contributed by atoms with van der Waals surface area (Å²) in [6, 6.07) is 21.2. The Morgan fingerprint density at radius 3 is 2.37 bits per heavy atom. The third-order valence-electron chi connectivity index (χ3n) is 7.52. The fourth-order valence-corrected chi connectivity index (χ4v) is 5.61. The second kappa shape index (κ2) is 14.1. The highest BCUT2D eigenvalue weighted by Gasteiger charge is 2.20. The Kier molecular flexibility index (Phi) is 10.1. The third-order valence-corrected chi connectivity index (χ3v) is 8.26. The number of rotatable bonds is 12. The van der Waals surface area contributed by atoms with Crippen LogP contribution in [0.2, 0.25) is 10.0 Å². The number of piperazine rings is 1. The molecule has 0 bridgehead atoms. The normalized spacial score (nSPS) is 14.3. The van der Waals surface area contributed by atoms with Crippen LogP contribution in [0.3, 0.4) is 0 Å². The van der Waals surface area contributed by atoms with Crippen LogP contribution in [0.15, 0.2) is 72.9 Å². The first kappa shape index (κ1) is 29.3. The summed E-state index contributed by atoms with van der Waals surface area (Å²) in [7, 11) is 1.67. The Bertz CT molecular complexity index is 1450. The number of ether oxygens (including phenoxy) is 2. The maximum Gasteiger partial charge on any atom is 0.253 e.